The second-order valence-electron chi connectivity index (χ2n) is 4.97. The molecule has 1 aliphatic heterocycles. The molecule has 0 bridgehead atoms. The minimum atomic E-state index is -1.63. The summed E-state index contributed by atoms with van der Waals surface area (Å²) in [5.74, 6) is -5.15. The van der Waals surface area contributed by atoms with Crippen molar-refractivity contribution in [2.75, 3.05) is 11.9 Å². The molecule has 0 radical (unpaired) electrons. The Hall–Kier alpha value is -2.90. The number of imide groups is 1. The van der Waals surface area contributed by atoms with Crippen LogP contribution in [-0.2, 0) is 4.79 Å². The van der Waals surface area contributed by atoms with Gasteiger partial charge < -0.3 is 4.90 Å². The van der Waals surface area contributed by atoms with Crippen molar-refractivity contribution < 1.29 is 22.8 Å². The lowest BCUT2D eigenvalue weighted by atomic mass is 10.1. The Morgan fingerprint density at radius 3 is 2.17 bits per heavy atom. The number of aromatic nitrogens is 1. The van der Waals surface area contributed by atoms with Crippen LogP contribution in [0.15, 0.2) is 36.7 Å². The fourth-order valence-corrected chi connectivity index (χ4v) is 2.48. The minimum absolute atomic E-state index is 0.140. The van der Waals surface area contributed by atoms with Crippen LogP contribution >= 0.6 is 0 Å². The summed E-state index contributed by atoms with van der Waals surface area (Å²) in [6.45, 7) is 0. The predicted octanol–water partition coefficient (Wildman–Crippen LogP) is 2.64. The van der Waals surface area contributed by atoms with Crippen molar-refractivity contribution in [2.45, 2.75) is 6.04 Å². The lowest BCUT2D eigenvalue weighted by molar-refractivity contribution is -0.119. The zero-order chi connectivity index (χ0) is 16.7. The Bertz CT molecular complexity index is 775. The third-order valence-corrected chi connectivity index (χ3v) is 3.58. The third kappa shape index (κ3) is 2.32. The van der Waals surface area contributed by atoms with Gasteiger partial charge in [-0.05, 0) is 29.8 Å². The van der Waals surface area contributed by atoms with E-state index in [1.165, 1.54) is 31.6 Å². The summed E-state index contributed by atoms with van der Waals surface area (Å²) in [7, 11) is 1.32. The lowest BCUT2D eigenvalue weighted by Gasteiger charge is -2.16. The van der Waals surface area contributed by atoms with Crippen LogP contribution in [0.2, 0.25) is 0 Å². The summed E-state index contributed by atoms with van der Waals surface area (Å²) in [5, 5.41) is 0. The average Bonchev–Trinajstić information content (AvgIpc) is 2.75. The second-order valence-corrected chi connectivity index (χ2v) is 4.97. The van der Waals surface area contributed by atoms with Crippen LogP contribution < -0.4 is 4.90 Å². The molecule has 2 aromatic rings. The second kappa shape index (κ2) is 5.38. The number of urea groups is 1. The number of hydrogen-bond donors (Lipinski definition) is 0. The van der Waals surface area contributed by atoms with Crippen molar-refractivity contribution in [1.29, 1.82) is 0 Å². The van der Waals surface area contributed by atoms with E-state index in [2.05, 4.69) is 4.98 Å². The topological polar surface area (TPSA) is 53.5 Å². The molecule has 1 unspecified atom stereocenters. The molecular weight excluding hydrogens is 311 g/mol. The zero-order valence-corrected chi connectivity index (χ0v) is 11.8. The highest BCUT2D eigenvalue weighted by Gasteiger charge is 2.45. The number of benzene rings is 1. The summed E-state index contributed by atoms with van der Waals surface area (Å²) in [5.41, 5.74) is 0.145. The van der Waals surface area contributed by atoms with Gasteiger partial charge in [0, 0.05) is 19.4 Å². The summed E-state index contributed by atoms with van der Waals surface area (Å²) >= 11 is 0. The van der Waals surface area contributed by atoms with E-state index in [0.717, 1.165) is 9.80 Å². The monoisotopic (exact) mass is 321 g/mol. The normalized spacial score (nSPS) is 18.0. The van der Waals surface area contributed by atoms with Gasteiger partial charge in [0.1, 0.15) is 6.04 Å². The van der Waals surface area contributed by atoms with E-state index in [1.807, 2.05) is 0 Å². The molecule has 1 fully saturated rings. The molecule has 5 nitrogen and oxygen atoms in total. The van der Waals surface area contributed by atoms with Gasteiger partial charge in [0.25, 0.3) is 5.91 Å². The highest BCUT2D eigenvalue weighted by atomic mass is 19.2. The molecule has 0 saturated carbocycles. The summed E-state index contributed by atoms with van der Waals surface area (Å²) < 4.78 is 39.9. The van der Waals surface area contributed by atoms with Crippen LogP contribution in [0.3, 0.4) is 0 Å². The molecule has 3 rings (SSSR count). The van der Waals surface area contributed by atoms with Crippen molar-refractivity contribution in [3.8, 4) is 0 Å². The number of nitrogens with zero attached hydrogens (tertiary/aromatic N) is 3. The van der Waals surface area contributed by atoms with Gasteiger partial charge in [0.2, 0.25) is 0 Å². The Morgan fingerprint density at radius 2 is 1.61 bits per heavy atom. The molecule has 1 aromatic carbocycles. The van der Waals surface area contributed by atoms with E-state index in [9.17, 15) is 22.8 Å². The first-order valence-electron chi connectivity index (χ1n) is 6.57. The first-order chi connectivity index (χ1) is 10.9. The van der Waals surface area contributed by atoms with Gasteiger partial charge in [-0.2, -0.15) is 0 Å². The first kappa shape index (κ1) is 15.0. The van der Waals surface area contributed by atoms with Crippen molar-refractivity contribution >= 4 is 17.6 Å². The van der Waals surface area contributed by atoms with Crippen LogP contribution in [0, 0.1) is 17.5 Å². The van der Waals surface area contributed by atoms with E-state index in [-0.39, 0.29) is 11.3 Å². The molecule has 1 atom stereocenters. The number of rotatable bonds is 2. The smallest absolute Gasteiger partial charge is 0.311 e. The zero-order valence-electron chi connectivity index (χ0n) is 11.8. The molecule has 3 amide bonds. The van der Waals surface area contributed by atoms with Crippen LogP contribution in [-0.4, -0.2) is 28.9 Å². The highest BCUT2D eigenvalue weighted by molar-refractivity contribution is 6.21. The van der Waals surface area contributed by atoms with E-state index in [4.69, 9.17) is 0 Å². The van der Waals surface area contributed by atoms with Gasteiger partial charge in [0.15, 0.2) is 17.5 Å². The third-order valence-electron chi connectivity index (χ3n) is 3.58. The maximum atomic E-state index is 13.4. The van der Waals surface area contributed by atoms with E-state index in [0.29, 0.717) is 12.1 Å². The molecule has 1 aromatic heterocycles. The van der Waals surface area contributed by atoms with Gasteiger partial charge >= 0.3 is 6.03 Å². The number of amides is 3. The van der Waals surface area contributed by atoms with Crippen molar-refractivity contribution in [1.82, 2.24) is 9.88 Å². The molecule has 0 aliphatic carbocycles. The maximum absolute atomic E-state index is 13.4. The number of pyridine rings is 1. The molecule has 0 N–H and O–H groups in total. The molecule has 118 valence electrons. The lowest BCUT2D eigenvalue weighted by Crippen LogP contribution is -2.31. The fraction of sp³-hybridized carbons (Fsp3) is 0.133. The number of likely N-dealkylation sites (N-methyl/N-ethyl adjacent to an activating group) is 1. The number of anilines is 1. The summed E-state index contributed by atoms with van der Waals surface area (Å²) in [6.07, 6.45) is 2.81. The Kier molecular flexibility index (Phi) is 3.51. The summed E-state index contributed by atoms with van der Waals surface area (Å²) in [4.78, 5) is 30.5. The predicted molar refractivity (Wildman–Crippen MR) is 73.9 cm³/mol. The van der Waals surface area contributed by atoms with E-state index >= 15 is 0 Å². The molecule has 2 heterocycles. The van der Waals surface area contributed by atoms with Crippen LogP contribution in [0.25, 0.3) is 0 Å². The molecule has 8 heteroatoms. The quantitative estimate of drug-likeness (QED) is 0.631. The average molecular weight is 321 g/mol. The Labute approximate surface area is 129 Å². The van der Waals surface area contributed by atoms with E-state index in [1.54, 1.807) is 0 Å². The van der Waals surface area contributed by atoms with Crippen LogP contribution in [0.4, 0.5) is 23.7 Å². The van der Waals surface area contributed by atoms with Gasteiger partial charge in [-0.15, -0.1) is 0 Å². The first-order valence-corrected chi connectivity index (χ1v) is 6.57. The molecule has 23 heavy (non-hydrogen) atoms. The standard InChI is InChI=1S/C15H10F3N3O2/c1-20-13(8-6-10(16)12(18)11(17)7-8)14(22)21(15(20)23)9-2-4-19-5-3-9/h2-7,13H,1H3. The van der Waals surface area contributed by atoms with Gasteiger partial charge in [-0.3, -0.25) is 9.78 Å². The van der Waals surface area contributed by atoms with E-state index < -0.39 is 35.4 Å². The van der Waals surface area contributed by atoms with Crippen LogP contribution in [0.1, 0.15) is 11.6 Å². The van der Waals surface area contributed by atoms with Crippen molar-refractivity contribution in [3.05, 3.63) is 59.7 Å². The number of carbonyl (C=O) groups excluding carboxylic acids is 2. The van der Waals surface area contributed by atoms with Crippen molar-refractivity contribution in [3.63, 3.8) is 0 Å². The number of hydrogen-bond acceptors (Lipinski definition) is 3. The van der Waals surface area contributed by atoms with Crippen molar-refractivity contribution in [2.24, 2.45) is 0 Å². The fourth-order valence-electron chi connectivity index (χ4n) is 2.48. The Morgan fingerprint density at radius 1 is 1.04 bits per heavy atom. The number of halogens is 3. The molecule has 1 saturated heterocycles. The van der Waals surface area contributed by atoms with Crippen LogP contribution in [0.5, 0.6) is 0 Å². The molecule has 0 spiro atoms. The molecular formula is C15H10F3N3O2. The minimum Gasteiger partial charge on any atom is -0.311 e. The maximum Gasteiger partial charge on any atom is 0.332 e. The summed E-state index contributed by atoms with van der Waals surface area (Å²) in [6, 6.07) is 2.44. The highest BCUT2D eigenvalue weighted by Crippen LogP contribution is 2.33. The van der Waals surface area contributed by atoms with Gasteiger partial charge in [0.05, 0.1) is 5.69 Å². The number of carbonyl (C=O) groups is 2. The van der Waals surface area contributed by atoms with Gasteiger partial charge in [-0.25, -0.2) is 22.9 Å². The van der Waals surface area contributed by atoms with Gasteiger partial charge in [-0.1, -0.05) is 0 Å². The Balaban J connectivity index is 2.05. The molecule has 1 aliphatic rings. The SMILES string of the molecule is CN1C(=O)N(c2ccncc2)C(=O)C1c1cc(F)c(F)c(F)c1. The largest absolute Gasteiger partial charge is 0.332 e.